The highest BCUT2D eigenvalue weighted by Gasteiger charge is 2.21. The first-order valence-corrected chi connectivity index (χ1v) is 11.8. The number of nitrogens with zero attached hydrogens (tertiary/aromatic N) is 2. The molecule has 1 N–H and O–H groups in total. The number of hydrogen-bond acceptors (Lipinski definition) is 4. The summed E-state index contributed by atoms with van der Waals surface area (Å²) in [5.74, 6) is 1.06. The number of aryl methyl sites for hydroxylation is 1. The van der Waals surface area contributed by atoms with E-state index in [-0.39, 0.29) is 5.91 Å². The number of benzene rings is 2. The van der Waals surface area contributed by atoms with E-state index < -0.39 is 0 Å². The fraction of sp³-hybridized carbons (Fsp3) is 0.444. The molecule has 1 saturated heterocycles. The number of ether oxygens (including phenoxy) is 1. The second kappa shape index (κ2) is 10.7. The number of allylic oxidation sites excluding steroid dienone is 1. The molecule has 0 unspecified atom stereocenters. The molecule has 0 atom stereocenters. The van der Waals surface area contributed by atoms with Crippen LogP contribution in [0.2, 0.25) is 0 Å². The predicted octanol–water partition coefficient (Wildman–Crippen LogP) is 4.13. The minimum Gasteiger partial charge on any atom is -0.495 e. The van der Waals surface area contributed by atoms with Crippen molar-refractivity contribution in [2.45, 2.75) is 32.6 Å². The van der Waals surface area contributed by atoms with Crippen molar-refractivity contribution >= 4 is 17.2 Å². The first-order chi connectivity index (χ1) is 15.7. The molecule has 1 heterocycles. The second-order valence-electron chi connectivity index (χ2n) is 8.72. The molecule has 1 fully saturated rings. The molecule has 0 spiro atoms. The first-order valence-electron chi connectivity index (χ1n) is 11.8. The molecule has 4 rings (SSSR count). The number of fused-ring (bicyclic) bond motifs is 1. The molecule has 32 heavy (non-hydrogen) atoms. The third-order valence-corrected chi connectivity index (χ3v) is 6.78. The highest BCUT2D eigenvalue weighted by Crippen LogP contribution is 2.31. The number of rotatable bonds is 8. The number of hydrogen-bond donors (Lipinski definition) is 1. The van der Waals surface area contributed by atoms with Gasteiger partial charge in [-0.15, -0.1) is 0 Å². The summed E-state index contributed by atoms with van der Waals surface area (Å²) in [6.45, 7) is 8.09. The van der Waals surface area contributed by atoms with Crippen molar-refractivity contribution in [3.8, 4) is 5.75 Å². The van der Waals surface area contributed by atoms with Crippen LogP contribution < -0.4 is 15.0 Å². The highest BCUT2D eigenvalue weighted by molar-refractivity contribution is 6.01. The van der Waals surface area contributed by atoms with Gasteiger partial charge in [-0.25, -0.2) is 0 Å². The monoisotopic (exact) mass is 433 g/mol. The van der Waals surface area contributed by atoms with E-state index in [4.69, 9.17) is 4.74 Å². The second-order valence-corrected chi connectivity index (χ2v) is 8.72. The summed E-state index contributed by atoms with van der Waals surface area (Å²) in [4.78, 5) is 17.6. The van der Waals surface area contributed by atoms with Crippen molar-refractivity contribution in [2.24, 2.45) is 0 Å². The highest BCUT2D eigenvalue weighted by atomic mass is 16.5. The van der Waals surface area contributed by atoms with Gasteiger partial charge in [0.15, 0.2) is 0 Å². The fourth-order valence-electron chi connectivity index (χ4n) is 4.87. The summed E-state index contributed by atoms with van der Waals surface area (Å²) >= 11 is 0. The first kappa shape index (κ1) is 22.4. The number of piperazine rings is 1. The molecule has 5 nitrogen and oxygen atoms in total. The quantitative estimate of drug-likeness (QED) is 0.636. The number of anilines is 1. The Kier molecular flexibility index (Phi) is 7.48. The van der Waals surface area contributed by atoms with Gasteiger partial charge in [-0.2, -0.15) is 0 Å². The molecular formula is C27H35N3O2. The van der Waals surface area contributed by atoms with E-state index in [0.717, 1.165) is 81.8 Å². The van der Waals surface area contributed by atoms with E-state index in [1.54, 1.807) is 7.11 Å². The van der Waals surface area contributed by atoms with Crippen LogP contribution in [-0.2, 0) is 11.2 Å². The zero-order valence-electron chi connectivity index (χ0n) is 19.4. The van der Waals surface area contributed by atoms with E-state index in [0.29, 0.717) is 0 Å². The van der Waals surface area contributed by atoms with Gasteiger partial charge in [0.05, 0.1) is 12.8 Å². The Bertz CT molecular complexity index is 961. The van der Waals surface area contributed by atoms with Gasteiger partial charge in [0.2, 0.25) is 5.91 Å². The average Bonchev–Trinajstić information content (AvgIpc) is 2.84. The minimum atomic E-state index is 0.113. The number of carbonyl (C=O) groups excluding carboxylic acids is 1. The summed E-state index contributed by atoms with van der Waals surface area (Å²) < 4.78 is 5.51. The minimum absolute atomic E-state index is 0.113. The maximum absolute atomic E-state index is 12.7. The topological polar surface area (TPSA) is 44.8 Å². The average molecular weight is 434 g/mol. The maximum Gasteiger partial charge on any atom is 0.247 e. The largest absolute Gasteiger partial charge is 0.495 e. The molecular weight excluding hydrogens is 398 g/mol. The molecule has 1 aliphatic carbocycles. The van der Waals surface area contributed by atoms with Crippen molar-refractivity contribution < 1.29 is 9.53 Å². The van der Waals surface area contributed by atoms with Crippen LogP contribution in [0.25, 0.3) is 5.57 Å². The summed E-state index contributed by atoms with van der Waals surface area (Å²) in [6, 6.07) is 16.7. The SMILES string of the molecule is COc1ccccc1N1CCN(CCCCNC(=O)C2=C(C)c3ccccc3CC2)CC1. The van der Waals surface area contributed by atoms with Crippen molar-refractivity contribution in [3.63, 3.8) is 0 Å². The van der Waals surface area contributed by atoms with Crippen LogP contribution in [0.1, 0.15) is 37.3 Å². The van der Waals surface area contributed by atoms with Crippen LogP contribution in [0.3, 0.4) is 0 Å². The summed E-state index contributed by atoms with van der Waals surface area (Å²) in [5, 5.41) is 3.16. The molecule has 0 saturated carbocycles. The Morgan fingerprint density at radius 2 is 1.72 bits per heavy atom. The van der Waals surface area contributed by atoms with Crippen LogP contribution in [0.5, 0.6) is 5.75 Å². The van der Waals surface area contributed by atoms with Gasteiger partial charge < -0.3 is 15.0 Å². The smallest absolute Gasteiger partial charge is 0.247 e. The molecule has 1 aliphatic heterocycles. The van der Waals surface area contributed by atoms with Crippen LogP contribution in [0.4, 0.5) is 5.69 Å². The molecule has 170 valence electrons. The zero-order chi connectivity index (χ0) is 22.3. The van der Waals surface area contributed by atoms with Gasteiger partial charge in [0.1, 0.15) is 5.75 Å². The number of nitrogens with one attached hydrogen (secondary N) is 1. The third kappa shape index (κ3) is 5.16. The van der Waals surface area contributed by atoms with E-state index in [1.165, 1.54) is 16.8 Å². The molecule has 0 bridgehead atoms. The Hall–Kier alpha value is -2.79. The molecule has 1 amide bonds. The number of carbonyl (C=O) groups is 1. The van der Waals surface area contributed by atoms with Crippen LogP contribution in [-0.4, -0.2) is 57.2 Å². The van der Waals surface area contributed by atoms with Crippen LogP contribution in [0.15, 0.2) is 54.1 Å². The van der Waals surface area contributed by atoms with Crippen LogP contribution >= 0.6 is 0 Å². The predicted molar refractivity (Wildman–Crippen MR) is 131 cm³/mol. The number of para-hydroxylation sites is 2. The third-order valence-electron chi connectivity index (χ3n) is 6.78. The lowest BCUT2D eigenvalue weighted by atomic mass is 9.86. The van der Waals surface area contributed by atoms with Gasteiger partial charge in [-0.3, -0.25) is 9.69 Å². The lowest BCUT2D eigenvalue weighted by Gasteiger charge is -2.36. The Balaban J connectivity index is 1.17. The van der Waals surface area contributed by atoms with E-state index in [2.05, 4.69) is 58.4 Å². The Labute approximate surface area is 192 Å². The number of unbranched alkanes of at least 4 members (excludes halogenated alkanes) is 1. The lowest BCUT2D eigenvalue weighted by molar-refractivity contribution is -0.117. The molecule has 2 aromatic rings. The van der Waals surface area contributed by atoms with E-state index in [1.807, 2.05) is 12.1 Å². The van der Waals surface area contributed by atoms with Crippen molar-refractivity contribution in [2.75, 3.05) is 51.3 Å². The maximum atomic E-state index is 12.7. The standard InChI is InChI=1S/C27H35N3O2/c1-21-23-10-4-3-9-22(23)13-14-24(21)27(31)28-15-7-8-16-29-17-19-30(20-18-29)25-11-5-6-12-26(25)32-2/h3-6,9-12H,7-8,13-20H2,1-2H3,(H,28,31). The normalized spacial score (nSPS) is 16.6. The van der Waals surface area contributed by atoms with Gasteiger partial charge in [0, 0.05) is 38.3 Å². The molecule has 2 aliphatic rings. The van der Waals surface area contributed by atoms with Crippen molar-refractivity contribution in [1.82, 2.24) is 10.2 Å². The Morgan fingerprint density at radius 1 is 0.969 bits per heavy atom. The number of amides is 1. The van der Waals surface area contributed by atoms with E-state index in [9.17, 15) is 4.79 Å². The van der Waals surface area contributed by atoms with Gasteiger partial charge >= 0.3 is 0 Å². The van der Waals surface area contributed by atoms with Gasteiger partial charge in [0.25, 0.3) is 0 Å². The van der Waals surface area contributed by atoms with Gasteiger partial charge in [-0.1, -0.05) is 36.4 Å². The van der Waals surface area contributed by atoms with Crippen LogP contribution in [0, 0.1) is 0 Å². The zero-order valence-corrected chi connectivity index (χ0v) is 19.4. The van der Waals surface area contributed by atoms with Crippen molar-refractivity contribution in [1.29, 1.82) is 0 Å². The summed E-state index contributed by atoms with van der Waals surface area (Å²) in [5.41, 5.74) is 5.87. The summed E-state index contributed by atoms with van der Waals surface area (Å²) in [6.07, 6.45) is 3.92. The van der Waals surface area contributed by atoms with Crippen molar-refractivity contribution in [3.05, 3.63) is 65.2 Å². The van der Waals surface area contributed by atoms with Gasteiger partial charge in [-0.05, 0) is 68.0 Å². The molecule has 0 radical (unpaired) electrons. The lowest BCUT2D eigenvalue weighted by Crippen LogP contribution is -2.46. The number of methoxy groups -OCH3 is 1. The molecule has 5 heteroatoms. The Morgan fingerprint density at radius 3 is 2.53 bits per heavy atom. The summed E-state index contributed by atoms with van der Waals surface area (Å²) in [7, 11) is 1.74. The molecule has 0 aromatic heterocycles. The fourth-order valence-corrected chi connectivity index (χ4v) is 4.87. The van der Waals surface area contributed by atoms with E-state index >= 15 is 0 Å². The molecule has 2 aromatic carbocycles.